The van der Waals surface area contributed by atoms with Crippen molar-refractivity contribution in [3.8, 4) is 0 Å². The van der Waals surface area contributed by atoms with Crippen molar-refractivity contribution >= 4 is 0 Å². The van der Waals surface area contributed by atoms with Gasteiger partial charge in [-0.05, 0) is 32.6 Å². The fraction of sp³-hybridized carbons (Fsp3) is 0.833. The van der Waals surface area contributed by atoms with Crippen molar-refractivity contribution in [3.05, 3.63) is 11.6 Å². The van der Waals surface area contributed by atoms with Gasteiger partial charge in [0.15, 0.2) is 11.6 Å². The Hall–Kier alpha value is -0.900. The summed E-state index contributed by atoms with van der Waals surface area (Å²) in [7, 11) is 0. The molecule has 0 amide bonds. The summed E-state index contributed by atoms with van der Waals surface area (Å²) in [4.78, 5) is 4.62. The minimum atomic E-state index is 0.151. The van der Waals surface area contributed by atoms with Crippen LogP contribution in [0.1, 0.15) is 69.1 Å². The van der Waals surface area contributed by atoms with Crippen molar-refractivity contribution in [1.29, 1.82) is 0 Å². The molecule has 1 N–H and O–H groups in total. The third-order valence-electron chi connectivity index (χ3n) is 3.78. The SMILES string of the molecule is CC1CCC(c2nc(C3CCCC3)n[nH]2)O1. The van der Waals surface area contributed by atoms with E-state index in [1.807, 2.05) is 0 Å². The molecular formula is C12H19N3O. The fourth-order valence-electron chi connectivity index (χ4n) is 2.80. The molecule has 2 unspecified atom stereocenters. The molecule has 0 spiro atoms. The van der Waals surface area contributed by atoms with Gasteiger partial charge in [0.1, 0.15) is 6.10 Å². The van der Waals surface area contributed by atoms with Gasteiger partial charge in [0, 0.05) is 5.92 Å². The first-order valence-electron chi connectivity index (χ1n) is 6.40. The lowest BCUT2D eigenvalue weighted by molar-refractivity contribution is 0.0504. The quantitative estimate of drug-likeness (QED) is 0.835. The smallest absolute Gasteiger partial charge is 0.153 e. The van der Waals surface area contributed by atoms with Crippen LogP contribution < -0.4 is 0 Å². The molecule has 0 radical (unpaired) electrons. The molecule has 3 rings (SSSR count). The molecule has 1 saturated carbocycles. The second-order valence-electron chi connectivity index (χ2n) is 5.07. The number of H-pyrrole nitrogens is 1. The Labute approximate surface area is 95.8 Å². The van der Waals surface area contributed by atoms with E-state index in [9.17, 15) is 0 Å². The van der Waals surface area contributed by atoms with E-state index in [-0.39, 0.29) is 6.10 Å². The number of aromatic nitrogens is 3. The molecule has 16 heavy (non-hydrogen) atoms. The van der Waals surface area contributed by atoms with Crippen LogP contribution in [0, 0.1) is 0 Å². The standard InChI is InChI=1S/C12H19N3O/c1-8-6-7-10(16-8)12-13-11(14-15-12)9-4-2-3-5-9/h8-10H,2-7H2,1H3,(H,13,14,15). The molecule has 1 aromatic rings. The maximum Gasteiger partial charge on any atom is 0.153 e. The molecule has 0 aromatic carbocycles. The second kappa shape index (κ2) is 4.17. The summed E-state index contributed by atoms with van der Waals surface area (Å²) in [5, 5.41) is 7.41. The normalized spacial score (nSPS) is 31.3. The van der Waals surface area contributed by atoms with Crippen LogP contribution in [0.25, 0.3) is 0 Å². The Morgan fingerprint density at radius 1 is 1.19 bits per heavy atom. The highest BCUT2D eigenvalue weighted by atomic mass is 16.5. The van der Waals surface area contributed by atoms with E-state index in [0.717, 1.165) is 24.5 Å². The van der Waals surface area contributed by atoms with Crippen molar-refractivity contribution in [1.82, 2.24) is 15.2 Å². The van der Waals surface area contributed by atoms with Crippen LogP contribution in [0.3, 0.4) is 0 Å². The molecule has 2 atom stereocenters. The van der Waals surface area contributed by atoms with Crippen LogP contribution in [0.5, 0.6) is 0 Å². The highest BCUT2D eigenvalue weighted by molar-refractivity contribution is 5.02. The van der Waals surface area contributed by atoms with Gasteiger partial charge in [-0.15, -0.1) is 0 Å². The molecule has 2 aliphatic rings. The lowest BCUT2D eigenvalue weighted by Crippen LogP contribution is -2.03. The monoisotopic (exact) mass is 221 g/mol. The van der Waals surface area contributed by atoms with Crippen molar-refractivity contribution in [3.63, 3.8) is 0 Å². The Balaban J connectivity index is 1.72. The van der Waals surface area contributed by atoms with Gasteiger partial charge in [-0.25, -0.2) is 4.98 Å². The molecule has 1 aromatic heterocycles. The predicted octanol–water partition coefficient (Wildman–Crippen LogP) is 2.70. The van der Waals surface area contributed by atoms with Crippen molar-refractivity contribution in [2.45, 2.75) is 63.6 Å². The first kappa shape index (κ1) is 10.3. The average molecular weight is 221 g/mol. The highest BCUT2D eigenvalue weighted by Gasteiger charge is 2.28. The van der Waals surface area contributed by atoms with Crippen LogP contribution in [0.15, 0.2) is 0 Å². The van der Waals surface area contributed by atoms with E-state index in [1.54, 1.807) is 0 Å². The summed E-state index contributed by atoms with van der Waals surface area (Å²) in [5.41, 5.74) is 0. The molecular weight excluding hydrogens is 202 g/mol. The Bertz CT molecular complexity index is 357. The topological polar surface area (TPSA) is 50.8 Å². The molecule has 1 aliphatic heterocycles. The number of hydrogen-bond acceptors (Lipinski definition) is 3. The van der Waals surface area contributed by atoms with Gasteiger partial charge in [0.25, 0.3) is 0 Å². The summed E-state index contributed by atoms with van der Waals surface area (Å²) in [5.74, 6) is 2.53. The van der Waals surface area contributed by atoms with Crippen LogP contribution >= 0.6 is 0 Å². The predicted molar refractivity (Wildman–Crippen MR) is 60.1 cm³/mol. The lowest BCUT2D eigenvalue weighted by atomic mass is 10.1. The van der Waals surface area contributed by atoms with E-state index < -0.39 is 0 Å². The summed E-state index contributed by atoms with van der Waals surface area (Å²) in [6.07, 6.45) is 7.86. The molecule has 0 bridgehead atoms. The number of nitrogens with zero attached hydrogens (tertiary/aromatic N) is 2. The minimum absolute atomic E-state index is 0.151. The maximum absolute atomic E-state index is 5.79. The Kier molecular flexibility index (Phi) is 2.67. The summed E-state index contributed by atoms with van der Waals surface area (Å²) in [6.45, 7) is 2.12. The molecule has 2 fully saturated rings. The van der Waals surface area contributed by atoms with Gasteiger partial charge in [-0.1, -0.05) is 12.8 Å². The summed E-state index contributed by atoms with van der Waals surface area (Å²) < 4.78 is 5.79. The number of ether oxygens (including phenoxy) is 1. The molecule has 88 valence electrons. The number of nitrogens with one attached hydrogen (secondary N) is 1. The van der Waals surface area contributed by atoms with E-state index in [0.29, 0.717) is 12.0 Å². The largest absolute Gasteiger partial charge is 0.367 e. The van der Waals surface area contributed by atoms with Gasteiger partial charge in [-0.3, -0.25) is 5.10 Å². The van der Waals surface area contributed by atoms with E-state index >= 15 is 0 Å². The van der Waals surface area contributed by atoms with Crippen molar-refractivity contribution in [2.24, 2.45) is 0 Å². The van der Waals surface area contributed by atoms with Gasteiger partial charge >= 0.3 is 0 Å². The van der Waals surface area contributed by atoms with Crippen LogP contribution in [-0.2, 0) is 4.74 Å². The zero-order valence-electron chi connectivity index (χ0n) is 9.78. The first-order chi connectivity index (χ1) is 7.83. The average Bonchev–Trinajstić information content (AvgIpc) is 2.97. The maximum atomic E-state index is 5.79. The lowest BCUT2D eigenvalue weighted by Gasteiger charge is -2.06. The second-order valence-corrected chi connectivity index (χ2v) is 5.07. The number of rotatable bonds is 2. The van der Waals surface area contributed by atoms with Gasteiger partial charge in [0.05, 0.1) is 6.10 Å². The number of hydrogen-bond donors (Lipinski definition) is 1. The fourth-order valence-corrected chi connectivity index (χ4v) is 2.80. The first-order valence-corrected chi connectivity index (χ1v) is 6.40. The Morgan fingerprint density at radius 3 is 2.69 bits per heavy atom. The third-order valence-corrected chi connectivity index (χ3v) is 3.78. The molecule has 1 saturated heterocycles. The number of aromatic amines is 1. The van der Waals surface area contributed by atoms with Gasteiger partial charge in [-0.2, -0.15) is 5.10 Å². The van der Waals surface area contributed by atoms with E-state index in [1.165, 1.54) is 25.7 Å². The molecule has 4 heteroatoms. The summed E-state index contributed by atoms with van der Waals surface area (Å²) >= 11 is 0. The minimum Gasteiger partial charge on any atom is -0.367 e. The Morgan fingerprint density at radius 2 is 2.00 bits per heavy atom. The zero-order valence-corrected chi connectivity index (χ0v) is 9.78. The molecule has 4 nitrogen and oxygen atoms in total. The molecule has 2 heterocycles. The van der Waals surface area contributed by atoms with Gasteiger partial charge < -0.3 is 4.74 Å². The highest BCUT2D eigenvalue weighted by Crippen LogP contribution is 2.34. The van der Waals surface area contributed by atoms with Crippen LogP contribution in [0.2, 0.25) is 0 Å². The van der Waals surface area contributed by atoms with E-state index in [2.05, 4.69) is 22.1 Å². The van der Waals surface area contributed by atoms with Crippen LogP contribution in [-0.4, -0.2) is 21.3 Å². The van der Waals surface area contributed by atoms with Crippen LogP contribution in [0.4, 0.5) is 0 Å². The third kappa shape index (κ3) is 1.86. The molecule has 1 aliphatic carbocycles. The van der Waals surface area contributed by atoms with Gasteiger partial charge in [0.2, 0.25) is 0 Å². The zero-order chi connectivity index (χ0) is 11.0. The van der Waals surface area contributed by atoms with Crippen molar-refractivity contribution in [2.75, 3.05) is 0 Å². The summed E-state index contributed by atoms with van der Waals surface area (Å²) in [6, 6.07) is 0. The van der Waals surface area contributed by atoms with Crippen molar-refractivity contribution < 1.29 is 4.74 Å². The van der Waals surface area contributed by atoms with E-state index in [4.69, 9.17) is 4.74 Å².